The molecular weight excluding hydrogens is 262 g/mol. The average Bonchev–Trinajstić information content (AvgIpc) is 2.53. The van der Waals surface area contributed by atoms with E-state index in [0.29, 0.717) is 5.56 Å². The van der Waals surface area contributed by atoms with Crippen molar-refractivity contribution in [2.24, 2.45) is 0 Å². The van der Waals surface area contributed by atoms with E-state index in [1.54, 1.807) is 25.1 Å². The molecule has 3 nitrogen and oxygen atoms in total. The van der Waals surface area contributed by atoms with E-state index >= 15 is 0 Å². The summed E-state index contributed by atoms with van der Waals surface area (Å²) in [6.07, 6.45) is 0. The molecule has 3 heteroatoms. The van der Waals surface area contributed by atoms with Gasteiger partial charge in [0.2, 0.25) is 0 Å². The van der Waals surface area contributed by atoms with Crippen LogP contribution >= 0.6 is 0 Å². The molecule has 2 rings (SSSR count). The minimum Gasteiger partial charge on any atom is -0.258 e. The third kappa shape index (κ3) is 10.3. The van der Waals surface area contributed by atoms with Crippen LogP contribution in [-0.4, -0.2) is 4.92 Å². The SMILES string of the molecule is CC.CC.Cc1ccccc1.Cc1ccccc1[N+](=O)[O-]. The highest BCUT2D eigenvalue weighted by molar-refractivity contribution is 5.38. The number of hydrogen-bond acceptors (Lipinski definition) is 2. The standard InChI is InChI=1S/C7H7NO2.C7H8.2C2H6/c1-6-4-2-3-5-7(6)8(9)10;1-7-5-3-2-4-6-7;2*1-2/h2-5H,1H3;2-6H,1H3;2*1-2H3. The van der Waals surface area contributed by atoms with Gasteiger partial charge in [0, 0.05) is 11.6 Å². The Labute approximate surface area is 128 Å². The topological polar surface area (TPSA) is 43.1 Å². The van der Waals surface area contributed by atoms with E-state index in [2.05, 4.69) is 19.1 Å². The van der Waals surface area contributed by atoms with Crippen LogP contribution in [0.1, 0.15) is 38.8 Å². The van der Waals surface area contributed by atoms with E-state index in [9.17, 15) is 10.1 Å². The minimum atomic E-state index is -0.380. The highest BCUT2D eigenvalue weighted by atomic mass is 16.6. The molecule has 0 aliphatic carbocycles. The first-order valence-electron chi connectivity index (χ1n) is 7.33. The van der Waals surface area contributed by atoms with Crippen molar-refractivity contribution in [1.29, 1.82) is 0 Å². The lowest BCUT2D eigenvalue weighted by atomic mass is 10.2. The molecule has 0 N–H and O–H groups in total. The highest BCUT2D eigenvalue weighted by Crippen LogP contribution is 2.14. The zero-order valence-corrected chi connectivity index (χ0v) is 14.0. The number of aryl methyl sites for hydroxylation is 2. The summed E-state index contributed by atoms with van der Waals surface area (Å²) in [5.41, 5.74) is 2.21. The van der Waals surface area contributed by atoms with Gasteiger partial charge < -0.3 is 0 Å². The molecule has 0 radical (unpaired) electrons. The molecule has 2 aromatic rings. The Hall–Kier alpha value is -2.16. The third-order valence-corrected chi connectivity index (χ3v) is 2.25. The summed E-state index contributed by atoms with van der Waals surface area (Å²) >= 11 is 0. The second-order valence-electron chi connectivity index (χ2n) is 3.70. The summed E-state index contributed by atoms with van der Waals surface area (Å²) in [5, 5.41) is 10.2. The third-order valence-electron chi connectivity index (χ3n) is 2.25. The van der Waals surface area contributed by atoms with Gasteiger partial charge in [0.15, 0.2) is 0 Å². The van der Waals surface area contributed by atoms with Crippen LogP contribution in [0.5, 0.6) is 0 Å². The van der Waals surface area contributed by atoms with E-state index in [1.807, 2.05) is 45.9 Å². The number of rotatable bonds is 1. The number of hydrogen-bond donors (Lipinski definition) is 0. The predicted octanol–water partition coefficient (Wildman–Crippen LogP) is 5.95. The summed E-state index contributed by atoms with van der Waals surface area (Å²) in [7, 11) is 0. The Kier molecular flexibility index (Phi) is 14.4. The van der Waals surface area contributed by atoms with Crippen LogP contribution in [0.3, 0.4) is 0 Å². The lowest BCUT2D eigenvalue weighted by Gasteiger charge is -1.92. The molecule has 0 atom stereocenters. The summed E-state index contributed by atoms with van der Waals surface area (Å²) < 4.78 is 0. The molecule has 0 fully saturated rings. The Bertz CT molecular complexity index is 482. The molecule has 0 aliphatic heterocycles. The number of nitro benzene ring substituents is 1. The van der Waals surface area contributed by atoms with Crippen LogP contribution in [0, 0.1) is 24.0 Å². The van der Waals surface area contributed by atoms with Crippen LogP contribution in [0.15, 0.2) is 54.6 Å². The second kappa shape index (κ2) is 14.3. The summed E-state index contributed by atoms with van der Waals surface area (Å²) in [6.45, 7) is 11.8. The van der Waals surface area contributed by atoms with Gasteiger partial charge in [0.05, 0.1) is 4.92 Å². The van der Waals surface area contributed by atoms with Crippen molar-refractivity contribution in [1.82, 2.24) is 0 Å². The normalized spacial score (nSPS) is 7.90. The average molecular weight is 289 g/mol. The zero-order valence-electron chi connectivity index (χ0n) is 14.0. The maximum absolute atomic E-state index is 10.2. The van der Waals surface area contributed by atoms with Gasteiger partial charge in [-0.05, 0) is 13.8 Å². The molecular formula is C18H27NO2. The smallest absolute Gasteiger partial charge is 0.258 e. The van der Waals surface area contributed by atoms with Gasteiger partial charge in [0.1, 0.15) is 0 Å². The first-order valence-corrected chi connectivity index (χ1v) is 7.33. The number of benzene rings is 2. The van der Waals surface area contributed by atoms with Gasteiger partial charge in [-0.15, -0.1) is 0 Å². The summed E-state index contributed by atoms with van der Waals surface area (Å²) in [4.78, 5) is 9.85. The van der Waals surface area contributed by atoms with E-state index in [-0.39, 0.29) is 10.6 Å². The van der Waals surface area contributed by atoms with Crippen molar-refractivity contribution in [2.45, 2.75) is 41.5 Å². The molecule has 0 saturated carbocycles. The van der Waals surface area contributed by atoms with Crippen molar-refractivity contribution in [3.8, 4) is 0 Å². The number of para-hydroxylation sites is 1. The van der Waals surface area contributed by atoms with Crippen molar-refractivity contribution >= 4 is 5.69 Å². The number of nitro groups is 1. The molecule has 0 saturated heterocycles. The Balaban J connectivity index is 0. The maximum atomic E-state index is 10.2. The minimum absolute atomic E-state index is 0.183. The first kappa shape index (κ1) is 21.1. The quantitative estimate of drug-likeness (QED) is 0.481. The predicted molar refractivity (Wildman–Crippen MR) is 91.7 cm³/mol. The van der Waals surface area contributed by atoms with E-state index in [4.69, 9.17) is 0 Å². The Morgan fingerprint density at radius 3 is 1.48 bits per heavy atom. The van der Waals surface area contributed by atoms with Gasteiger partial charge in [0.25, 0.3) is 5.69 Å². The van der Waals surface area contributed by atoms with Crippen molar-refractivity contribution in [3.63, 3.8) is 0 Å². The van der Waals surface area contributed by atoms with E-state index < -0.39 is 0 Å². The molecule has 0 amide bonds. The second-order valence-corrected chi connectivity index (χ2v) is 3.70. The molecule has 0 aromatic heterocycles. The van der Waals surface area contributed by atoms with Crippen molar-refractivity contribution in [2.75, 3.05) is 0 Å². The largest absolute Gasteiger partial charge is 0.272 e. The van der Waals surface area contributed by atoms with Crippen LogP contribution in [0.4, 0.5) is 5.69 Å². The molecule has 2 aromatic carbocycles. The van der Waals surface area contributed by atoms with Crippen LogP contribution in [0.2, 0.25) is 0 Å². The molecule has 0 heterocycles. The lowest BCUT2D eigenvalue weighted by Crippen LogP contribution is -1.89. The Morgan fingerprint density at radius 2 is 1.19 bits per heavy atom. The molecule has 0 aliphatic rings. The van der Waals surface area contributed by atoms with Crippen LogP contribution < -0.4 is 0 Å². The number of nitrogens with zero attached hydrogens (tertiary/aromatic N) is 1. The van der Waals surface area contributed by atoms with Crippen LogP contribution in [-0.2, 0) is 0 Å². The van der Waals surface area contributed by atoms with Crippen molar-refractivity contribution in [3.05, 3.63) is 75.8 Å². The molecule has 21 heavy (non-hydrogen) atoms. The first-order chi connectivity index (χ1) is 10.1. The van der Waals surface area contributed by atoms with Crippen molar-refractivity contribution < 1.29 is 4.92 Å². The van der Waals surface area contributed by atoms with E-state index in [1.165, 1.54) is 11.6 Å². The Morgan fingerprint density at radius 1 is 0.762 bits per heavy atom. The summed E-state index contributed by atoms with van der Waals surface area (Å²) in [5.74, 6) is 0. The monoisotopic (exact) mass is 289 g/mol. The van der Waals surface area contributed by atoms with Gasteiger partial charge in [-0.2, -0.15) is 0 Å². The lowest BCUT2D eigenvalue weighted by molar-refractivity contribution is -0.385. The molecule has 0 spiro atoms. The van der Waals surface area contributed by atoms with Gasteiger partial charge in [-0.3, -0.25) is 10.1 Å². The van der Waals surface area contributed by atoms with E-state index in [0.717, 1.165) is 0 Å². The highest BCUT2D eigenvalue weighted by Gasteiger charge is 2.05. The van der Waals surface area contributed by atoms with Gasteiger partial charge >= 0.3 is 0 Å². The molecule has 0 bridgehead atoms. The summed E-state index contributed by atoms with van der Waals surface area (Å²) in [6, 6.07) is 16.9. The molecule has 0 unspecified atom stereocenters. The molecule has 116 valence electrons. The fraction of sp³-hybridized carbons (Fsp3) is 0.333. The van der Waals surface area contributed by atoms with Gasteiger partial charge in [-0.25, -0.2) is 0 Å². The maximum Gasteiger partial charge on any atom is 0.272 e. The fourth-order valence-electron chi connectivity index (χ4n) is 1.30. The fourth-order valence-corrected chi connectivity index (χ4v) is 1.30. The van der Waals surface area contributed by atoms with Crippen LogP contribution in [0.25, 0.3) is 0 Å². The van der Waals surface area contributed by atoms with Gasteiger partial charge in [-0.1, -0.05) is 81.8 Å². The zero-order chi connectivity index (χ0) is 16.7.